The summed E-state index contributed by atoms with van der Waals surface area (Å²) in [5.74, 6) is 0.0537. The van der Waals surface area contributed by atoms with Crippen molar-refractivity contribution in [3.63, 3.8) is 0 Å². The fraction of sp³-hybridized carbons (Fsp3) is 1.00. The number of nitrogens with one attached hydrogen (secondary N) is 1. The molecule has 1 unspecified atom stereocenters. The van der Waals surface area contributed by atoms with Gasteiger partial charge in [0.05, 0.1) is 17.6 Å². The van der Waals surface area contributed by atoms with Crippen LogP contribution in [-0.2, 0) is 9.84 Å². The SMILES string of the molecule is CCCCS(=O)(=O)CC(O)CNC. The normalized spacial score (nSPS) is 14.4. The molecule has 0 saturated heterocycles. The van der Waals surface area contributed by atoms with Gasteiger partial charge in [-0.05, 0) is 13.5 Å². The molecule has 0 bridgehead atoms. The van der Waals surface area contributed by atoms with Crippen LogP contribution < -0.4 is 5.32 Å². The first-order chi connectivity index (χ1) is 6.02. The molecule has 1 atom stereocenters. The van der Waals surface area contributed by atoms with E-state index < -0.39 is 15.9 Å². The number of unbranched alkanes of at least 4 members (excludes halogenated alkanes) is 1. The highest BCUT2D eigenvalue weighted by Crippen LogP contribution is 1.99. The zero-order valence-corrected chi connectivity index (χ0v) is 9.10. The minimum atomic E-state index is -3.06. The standard InChI is InChI=1S/C8H19NO3S/c1-3-4-5-13(11,12)7-8(10)6-9-2/h8-10H,3-7H2,1-2H3. The van der Waals surface area contributed by atoms with Gasteiger partial charge in [-0.3, -0.25) is 0 Å². The smallest absolute Gasteiger partial charge is 0.152 e. The molecule has 0 aliphatic carbocycles. The molecule has 4 nitrogen and oxygen atoms in total. The summed E-state index contributed by atoms with van der Waals surface area (Å²) in [5.41, 5.74) is 0. The monoisotopic (exact) mass is 209 g/mol. The molecule has 0 heterocycles. The summed E-state index contributed by atoms with van der Waals surface area (Å²) >= 11 is 0. The molecule has 0 aromatic carbocycles. The van der Waals surface area contributed by atoms with Crippen LogP contribution in [0.25, 0.3) is 0 Å². The van der Waals surface area contributed by atoms with Gasteiger partial charge in [-0.15, -0.1) is 0 Å². The summed E-state index contributed by atoms with van der Waals surface area (Å²) in [6.07, 6.45) is 0.752. The van der Waals surface area contributed by atoms with Crippen LogP contribution in [0.15, 0.2) is 0 Å². The topological polar surface area (TPSA) is 66.4 Å². The van der Waals surface area contributed by atoms with E-state index in [1.165, 1.54) is 0 Å². The molecule has 13 heavy (non-hydrogen) atoms. The van der Waals surface area contributed by atoms with Crippen LogP contribution in [0.5, 0.6) is 0 Å². The Morgan fingerprint density at radius 2 is 2.08 bits per heavy atom. The molecule has 0 spiro atoms. The average molecular weight is 209 g/mol. The van der Waals surface area contributed by atoms with Gasteiger partial charge in [-0.2, -0.15) is 0 Å². The van der Waals surface area contributed by atoms with Gasteiger partial charge >= 0.3 is 0 Å². The fourth-order valence-electron chi connectivity index (χ4n) is 1.04. The summed E-state index contributed by atoms with van der Waals surface area (Å²) in [5, 5.41) is 12.0. The average Bonchev–Trinajstić information content (AvgIpc) is 2.00. The maximum atomic E-state index is 11.3. The van der Waals surface area contributed by atoms with Crippen LogP contribution in [-0.4, -0.2) is 44.7 Å². The van der Waals surface area contributed by atoms with Crippen molar-refractivity contribution < 1.29 is 13.5 Å². The molecule has 0 radical (unpaired) electrons. The van der Waals surface area contributed by atoms with Crippen LogP contribution >= 0.6 is 0 Å². The minimum Gasteiger partial charge on any atom is -0.391 e. The third-order valence-corrected chi connectivity index (χ3v) is 3.50. The van der Waals surface area contributed by atoms with Crippen molar-refractivity contribution in [2.45, 2.75) is 25.9 Å². The lowest BCUT2D eigenvalue weighted by Gasteiger charge is -2.09. The first kappa shape index (κ1) is 12.9. The predicted octanol–water partition coefficient (Wildman–Crippen LogP) is -0.218. The van der Waals surface area contributed by atoms with Crippen molar-refractivity contribution in [3.05, 3.63) is 0 Å². The van der Waals surface area contributed by atoms with Gasteiger partial charge in [0.1, 0.15) is 0 Å². The second kappa shape index (κ2) is 6.34. The Morgan fingerprint density at radius 1 is 1.46 bits per heavy atom. The van der Waals surface area contributed by atoms with Crippen molar-refractivity contribution in [2.24, 2.45) is 0 Å². The van der Waals surface area contributed by atoms with Crippen LogP contribution in [0.3, 0.4) is 0 Å². The minimum absolute atomic E-state index is 0.131. The fourth-order valence-corrected chi connectivity index (χ4v) is 2.63. The molecule has 0 aliphatic rings. The first-order valence-electron chi connectivity index (χ1n) is 4.55. The van der Waals surface area contributed by atoms with Crippen LogP contribution in [0.2, 0.25) is 0 Å². The van der Waals surface area contributed by atoms with E-state index in [0.29, 0.717) is 13.0 Å². The highest BCUT2D eigenvalue weighted by molar-refractivity contribution is 7.91. The molecule has 2 N–H and O–H groups in total. The van der Waals surface area contributed by atoms with E-state index in [4.69, 9.17) is 0 Å². The van der Waals surface area contributed by atoms with Crippen LogP contribution in [0, 0.1) is 0 Å². The van der Waals surface area contributed by atoms with E-state index in [9.17, 15) is 13.5 Å². The Morgan fingerprint density at radius 3 is 2.54 bits per heavy atom. The van der Waals surface area contributed by atoms with Crippen molar-refractivity contribution >= 4 is 9.84 Å². The van der Waals surface area contributed by atoms with E-state index in [1.54, 1.807) is 7.05 Å². The summed E-state index contributed by atoms with van der Waals surface area (Å²) in [6, 6.07) is 0. The summed E-state index contributed by atoms with van der Waals surface area (Å²) in [7, 11) is -1.37. The predicted molar refractivity (Wildman–Crippen MR) is 53.5 cm³/mol. The Kier molecular flexibility index (Phi) is 6.28. The molecule has 0 aromatic rings. The van der Waals surface area contributed by atoms with E-state index in [-0.39, 0.29) is 11.5 Å². The third kappa shape index (κ3) is 6.98. The lowest BCUT2D eigenvalue weighted by molar-refractivity contribution is 0.196. The second-order valence-electron chi connectivity index (χ2n) is 3.18. The molecular weight excluding hydrogens is 190 g/mol. The highest BCUT2D eigenvalue weighted by Gasteiger charge is 2.15. The van der Waals surface area contributed by atoms with Gasteiger partial charge < -0.3 is 10.4 Å². The van der Waals surface area contributed by atoms with Gasteiger partial charge in [-0.1, -0.05) is 13.3 Å². The Hall–Kier alpha value is -0.130. The molecule has 0 aromatic heterocycles. The molecule has 0 fully saturated rings. The Bertz CT molecular complexity index is 213. The van der Waals surface area contributed by atoms with Crippen molar-refractivity contribution in [1.82, 2.24) is 5.32 Å². The summed E-state index contributed by atoms with van der Waals surface area (Å²) in [6.45, 7) is 2.27. The molecule has 5 heteroatoms. The maximum Gasteiger partial charge on any atom is 0.152 e. The van der Waals surface area contributed by atoms with Crippen molar-refractivity contribution in [1.29, 1.82) is 0 Å². The lowest BCUT2D eigenvalue weighted by Crippen LogP contribution is -2.31. The van der Waals surface area contributed by atoms with Gasteiger partial charge in [0.15, 0.2) is 9.84 Å². The highest BCUT2D eigenvalue weighted by atomic mass is 32.2. The van der Waals surface area contributed by atoms with E-state index in [2.05, 4.69) is 5.32 Å². The van der Waals surface area contributed by atoms with E-state index >= 15 is 0 Å². The van der Waals surface area contributed by atoms with E-state index in [1.807, 2.05) is 6.92 Å². The third-order valence-electron chi connectivity index (χ3n) is 1.69. The zero-order chi connectivity index (χ0) is 10.3. The van der Waals surface area contributed by atoms with Crippen molar-refractivity contribution in [2.75, 3.05) is 25.1 Å². The Labute approximate surface area is 80.3 Å². The zero-order valence-electron chi connectivity index (χ0n) is 8.28. The molecular formula is C8H19NO3S. The Balaban J connectivity index is 3.87. The van der Waals surface area contributed by atoms with Gasteiger partial charge in [0.2, 0.25) is 0 Å². The molecule has 0 saturated carbocycles. The number of hydrogen-bond acceptors (Lipinski definition) is 4. The molecule has 0 amide bonds. The number of aliphatic hydroxyl groups is 1. The van der Waals surface area contributed by atoms with Crippen molar-refractivity contribution in [3.8, 4) is 0 Å². The second-order valence-corrected chi connectivity index (χ2v) is 5.41. The number of sulfone groups is 1. The number of aliphatic hydroxyl groups excluding tert-OH is 1. The number of hydrogen-bond donors (Lipinski definition) is 2. The first-order valence-corrected chi connectivity index (χ1v) is 6.37. The van der Waals surface area contributed by atoms with Crippen LogP contribution in [0.1, 0.15) is 19.8 Å². The quantitative estimate of drug-likeness (QED) is 0.608. The molecule has 80 valence electrons. The number of likely N-dealkylation sites (N-methyl/N-ethyl adjacent to an activating group) is 1. The largest absolute Gasteiger partial charge is 0.391 e. The number of rotatable bonds is 7. The summed E-state index contributed by atoms with van der Waals surface area (Å²) in [4.78, 5) is 0. The van der Waals surface area contributed by atoms with Crippen LogP contribution in [0.4, 0.5) is 0 Å². The van der Waals surface area contributed by atoms with Gasteiger partial charge in [0.25, 0.3) is 0 Å². The van der Waals surface area contributed by atoms with E-state index in [0.717, 1.165) is 6.42 Å². The molecule has 0 rings (SSSR count). The molecule has 0 aliphatic heterocycles. The lowest BCUT2D eigenvalue weighted by atomic mass is 10.4. The van der Waals surface area contributed by atoms with Gasteiger partial charge in [-0.25, -0.2) is 8.42 Å². The summed E-state index contributed by atoms with van der Waals surface area (Å²) < 4.78 is 22.6. The van der Waals surface area contributed by atoms with Gasteiger partial charge in [0, 0.05) is 6.54 Å². The maximum absolute atomic E-state index is 11.3.